The van der Waals surface area contributed by atoms with Crippen LogP contribution in [0, 0.1) is 46.3 Å². The minimum atomic E-state index is -0.928. The number of esters is 2. The van der Waals surface area contributed by atoms with Crippen molar-refractivity contribution in [2.45, 2.75) is 109 Å². The zero-order valence-electron chi connectivity index (χ0n) is 30.3. The van der Waals surface area contributed by atoms with E-state index in [4.69, 9.17) is 15.2 Å². The quantitative estimate of drug-likeness (QED) is 0.269. The number of nitrogens with zero attached hydrogens (tertiary/aromatic N) is 2. The van der Waals surface area contributed by atoms with Gasteiger partial charge in [0.2, 0.25) is 0 Å². The molecule has 5 fully saturated rings. The lowest BCUT2D eigenvalue weighted by molar-refractivity contribution is -0.271. The number of piperidine rings is 3. The summed E-state index contributed by atoms with van der Waals surface area (Å²) >= 11 is 0. The van der Waals surface area contributed by atoms with Crippen LogP contribution in [0.5, 0.6) is 0 Å². The number of allylic oxidation sites excluding steroid dienone is 2. The third-order valence-electron chi connectivity index (χ3n) is 15.6. The third-order valence-corrected chi connectivity index (χ3v) is 15.6. The molecule has 10 aliphatic heterocycles. The predicted octanol–water partition coefficient (Wildman–Crippen LogP) is 6.87. The number of hydrogen-bond donors (Lipinski definition) is 1. The number of hydrogen-bond acceptors (Lipinski definition) is 7. The van der Waals surface area contributed by atoms with Crippen molar-refractivity contribution >= 4 is 11.9 Å². The number of carbonyl (C=O) groups excluding carboxylic acids is 2. The van der Waals surface area contributed by atoms with Gasteiger partial charge in [-0.15, -0.1) is 0 Å². The molecule has 1 aromatic rings. The first kappa shape index (κ1) is 31.8. The fourth-order valence-electron chi connectivity index (χ4n) is 13.7. The molecule has 3 aliphatic carbocycles. The highest BCUT2D eigenvalue weighted by atomic mass is 16.6. The van der Waals surface area contributed by atoms with Crippen molar-refractivity contribution in [2.24, 2.45) is 52.1 Å². The minimum Gasteiger partial charge on any atom is -0.449 e. The topological polar surface area (TPSA) is 85.1 Å². The fourth-order valence-corrected chi connectivity index (χ4v) is 13.7. The summed E-state index contributed by atoms with van der Waals surface area (Å²) in [6.45, 7) is 11.1. The Morgan fingerprint density at radius 2 is 1.96 bits per heavy atom. The summed E-state index contributed by atoms with van der Waals surface area (Å²) in [7, 11) is 0. The van der Waals surface area contributed by atoms with Gasteiger partial charge in [-0.05, 0) is 113 Å². The van der Waals surface area contributed by atoms with Gasteiger partial charge in [0.15, 0.2) is 5.60 Å². The molecule has 0 amide bonds. The van der Waals surface area contributed by atoms with E-state index in [1.807, 2.05) is 0 Å². The second-order valence-corrected chi connectivity index (χ2v) is 17.9. The van der Waals surface area contributed by atoms with Gasteiger partial charge in [0, 0.05) is 54.8 Å². The molecule has 13 aliphatic rings. The number of aryl methyl sites for hydroxylation is 1. The molecular formula is C43H55N3O4. The van der Waals surface area contributed by atoms with Gasteiger partial charge in [-0.25, -0.2) is 4.79 Å². The number of fused-ring (bicyclic) bond motifs is 2. The summed E-state index contributed by atoms with van der Waals surface area (Å²) in [6.07, 6.45) is 18.2. The van der Waals surface area contributed by atoms with Gasteiger partial charge < -0.3 is 20.1 Å². The number of rotatable bonds is 5. The van der Waals surface area contributed by atoms with Gasteiger partial charge in [0.1, 0.15) is 11.2 Å². The lowest BCUT2D eigenvalue weighted by Crippen LogP contribution is -2.75. The number of ether oxygens (including phenoxy) is 2. The van der Waals surface area contributed by atoms with Gasteiger partial charge in [-0.3, -0.25) is 9.69 Å². The SMILES string of the molecule is CCC[C@@H]1[C@@]2(OC(=O)c3c(CCCN)cccc32)[C@@]23CCC4=C[C@@]12C(=O)O/C3=C\[C@@H]1CC[C@@H]2[C@H]3C[C@H](CN(C3)C3=CC[C@H](C)C[C@H]43)CN2[C@H]1C. The van der Waals surface area contributed by atoms with E-state index in [0.29, 0.717) is 42.3 Å². The molecule has 1 aromatic carbocycles. The Morgan fingerprint density at radius 3 is 2.80 bits per heavy atom. The van der Waals surface area contributed by atoms with Crippen molar-refractivity contribution in [1.29, 1.82) is 0 Å². The molecule has 7 heteroatoms. The molecule has 12 atom stereocenters. The lowest BCUT2D eigenvalue weighted by atomic mass is 9.31. The van der Waals surface area contributed by atoms with E-state index in [2.05, 4.69) is 67.0 Å². The molecule has 50 heavy (non-hydrogen) atoms. The van der Waals surface area contributed by atoms with Crippen LogP contribution in [-0.2, 0) is 26.3 Å². The largest absolute Gasteiger partial charge is 0.449 e. The maximum Gasteiger partial charge on any atom is 0.339 e. The standard InChI is InChI=1S/C43H55N3O4/c1-4-7-36-41-21-30-15-16-42(41,43(36)33-10-5-8-28(9-6-17-44)38(33)39(47)50-43)37(49-40(41)48)20-29-12-14-34-31-19-27(23-46(34)26(29)3)22-45(24-31)35-13-11-25(2)18-32(30)35/h5,8,10,13,20-21,25-27,29,31-32,34,36H,4,6-7,9,11-12,14-19,22-24,44H2,1-3H3/b37-20-/t25-,26-,27+,29-,31-,32+,34+,36-,41-,42+,43+/m0/s1. The molecule has 4 saturated heterocycles. The van der Waals surface area contributed by atoms with E-state index in [-0.39, 0.29) is 23.8 Å². The molecule has 2 spiro atoms. The normalized spacial score (nSPS) is 45.8. The average Bonchev–Trinajstić information content (AvgIpc) is 3.55. The monoisotopic (exact) mass is 677 g/mol. The van der Waals surface area contributed by atoms with Crippen LogP contribution < -0.4 is 5.73 Å². The Balaban J connectivity index is 1.22. The van der Waals surface area contributed by atoms with Crippen LogP contribution in [0.15, 0.2) is 53.5 Å². The Bertz CT molecular complexity index is 1750. The highest BCUT2D eigenvalue weighted by Crippen LogP contribution is 2.84. The zero-order valence-corrected chi connectivity index (χ0v) is 30.3. The molecular weight excluding hydrogens is 622 g/mol. The summed E-state index contributed by atoms with van der Waals surface area (Å²) in [4.78, 5) is 35.0. The second-order valence-electron chi connectivity index (χ2n) is 17.9. The molecule has 0 aromatic heterocycles. The summed E-state index contributed by atoms with van der Waals surface area (Å²) < 4.78 is 13.7. The van der Waals surface area contributed by atoms with E-state index in [0.717, 1.165) is 99.9 Å². The van der Waals surface area contributed by atoms with Crippen molar-refractivity contribution in [3.63, 3.8) is 0 Å². The van der Waals surface area contributed by atoms with Crippen molar-refractivity contribution in [3.8, 4) is 0 Å². The molecule has 1 saturated carbocycles. The highest BCUT2D eigenvalue weighted by molar-refractivity contribution is 5.99. The Kier molecular flexibility index (Phi) is 7.03. The summed E-state index contributed by atoms with van der Waals surface area (Å²) in [5.41, 5.74) is 9.12. The number of carbonyl (C=O) groups is 2. The van der Waals surface area contributed by atoms with Crippen molar-refractivity contribution in [1.82, 2.24) is 9.80 Å². The first-order valence-corrected chi connectivity index (χ1v) is 20.2. The molecule has 7 nitrogen and oxygen atoms in total. The second kappa shape index (κ2) is 11.1. The number of nitrogens with two attached hydrogens (primary N) is 1. The molecule has 14 rings (SSSR count). The van der Waals surface area contributed by atoms with Gasteiger partial charge >= 0.3 is 11.9 Å². The average molecular weight is 678 g/mol. The van der Waals surface area contributed by atoms with E-state index in [1.54, 1.807) is 0 Å². The van der Waals surface area contributed by atoms with Gasteiger partial charge in [0.25, 0.3) is 0 Å². The first-order chi connectivity index (χ1) is 24.3. The summed E-state index contributed by atoms with van der Waals surface area (Å²) in [5, 5.41) is 0. The molecule has 10 bridgehead atoms. The van der Waals surface area contributed by atoms with Gasteiger partial charge in [-0.2, -0.15) is 0 Å². The first-order valence-electron chi connectivity index (χ1n) is 20.2. The zero-order chi connectivity index (χ0) is 34.2. The van der Waals surface area contributed by atoms with Crippen LogP contribution in [0.1, 0.15) is 106 Å². The maximum atomic E-state index is 15.0. The van der Waals surface area contributed by atoms with Crippen LogP contribution >= 0.6 is 0 Å². The van der Waals surface area contributed by atoms with E-state index < -0.39 is 16.4 Å². The van der Waals surface area contributed by atoms with Crippen LogP contribution in [0.2, 0.25) is 0 Å². The smallest absolute Gasteiger partial charge is 0.339 e. The minimum absolute atomic E-state index is 0.112. The van der Waals surface area contributed by atoms with E-state index in [1.165, 1.54) is 24.1 Å². The molecule has 10 heterocycles. The Hall–Kier alpha value is -2.90. The van der Waals surface area contributed by atoms with Gasteiger partial charge in [0.05, 0.1) is 11.0 Å². The van der Waals surface area contributed by atoms with Crippen LogP contribution in [0.25, 0.3) is 0 Å². The van der Waals surface area contributed by atoms with Gasteiger partial charge in [-0.1, -0.05) is 56.2 Å². The molecule has 0 radical (unpaired) electrons. The highest BCUT2D eigenvalue weighted by Gasteiger charge is 2.91. The van der Waals surface area contributed by atoms with Crippen molar-refractivity contribution in [2.75, 3.05) is 26.2 Å². The molecule has 2 N–H and O–H groups in total. The fraction of sp³-hybridized carbons (Fsp3) is 0.674. The van der Waals surface area contributed by atoms with E-state index >= 15 is 4.79 Å². The predicted molar refractivity (Wildman–Crippen MR) is 191 cm³/mol. The number of benzene rings is 1. The Morgan fingerprint density at radius 1 is 1.08 bits per heavy atom. The molecule has 266 valence electrons. The van der Waals surface area contributed by atoms with Crippen molar-refractivity contribution < 1.29 is 19.1 Å². The van der Waals surface area contributed by atoms with E-state index in [9.17, 15) is 4.79 Å². The lowest BCUT2D eigenvalue weighted by Gasteiger charge is -2.69. The third kappa shape index (κ3) is 3.79. The summed E-state index contributed by atoms with van der Waals surface area (Å²) in [5.74, 6) is 2.88. The Labute approximate surface area is 297 Å². The van der Waals surface area contributed by atoms with Crippen molar-refractivity contribution in [3.05, 3.63) is 70.1 Å². The maximum absolute atomic E-state index is 15.0. The molecule has 1 unspecified atom stereocenters. The summed E-state index contributed by atoms with van der Waals surface area (Å²) in [6, 6.07) is 7.30. The van der Waals surface area contributed by atoms with Crippen LogP contribution in [0.3, 0.4) is 0 Å². The van der Waals surface area contributed by atoms with Crippen LogP contribution in [-0.4, -0.2) is 60.0 Å². The van der Waals surface area contributed by atoms with Crippen LogP contribution in [0.4, 0.5) is 0 Å².